The fourth-order valence-corrected chi connectivity index (χ4v) is 3.13. The number of amides is 1. The molecule has 1 fully saturated rings. The number of phenols is 1. The molecule has 2 aromatic rings. The SMILES string of the molecule is COC(=O)c1ccc(/C=C2\SC(=Nc3cc(C)ccc3O)NC2=O)cc1. The number of amidine groups is 1. The lowest BCUT2D eigenvalue weighted by Crippen LogP contribution is -2.19. The summed E-state index contributed by atoms with van der Waals surface area (Å²) in [5, 5.41) is 12.9. The van der Waals surface area contributed by atoms with Gasteiger partial charge in [-0.15, -0.1) is 0 Å². The standard InChI is InChI=1S/C19H16N2O4S/c1-11-3-8-15(22)14(9-11)20-19-21-17(23)16(26-19)10-12-4-6-13(7-5-12)18(24)25-2/h3-10,22H,1-2H3,(H,20,21,23)/b16-10-. The van der Waals surface area contributed by atoms with Crippen molar-refractivity contribution in [2.24, 2.45) is 4.99 Å². The number of esters is 1. The summed E-state index contributed by atoms with van der Waals surface area (Å²) >= 11 is 1.19. The number of hydrogen-bond acceptors (Lipinski definition) is 6. The molecular weight excluding hydrogens is 352 g/mol. The lowest BCUT2D eigenvalue weighted by molar-refractivity contribution is -0.115. The highest BCUT2D eigenvalue weighted by Gasteiger charge is 2.24. The number of methoxy groups -OCH3 is 1. The van der Waals surface area contributed by atoms with E-state index in [0.29, 0.717) is 21.3 Å². The van der Waals surface area contributed by atoms with Gasteiger partial charge in [0.2, 0.25) is 0 Å². The lowest BCUT2D eigenvalue weighted by atomic mass is 10.1. The summed E-state index contributed by atoms with van der Waals surface area (Å²) in [6, 6.07) is 11.8. The van der Waals surface area contributed by atoms with Crippen LogP contribution in [0.1, 0.15) is 21.5 Å². The quantitative estimate of drug-likeness (QED) is 0.640. The molecule has 1 aliphatic rings. The zero-order valence-corrected chi connectivity index (χ0v) is 15.0. The van der Waals surface area contributed by atoms with Gasteiger partial charge in [0.15, 0.2) is 5.17 Å². The minimum atomic E-state index is -0.412. The first-order valence-corrected chi connectivity index (χ1v) is 8.55. The average molecular weight is 368 g/mol. The van der Waals surface area contributed by atoms with Crippen LogP contribution in [-0.2, 0) is 9.53 Å². The zero-order chi connectivity index (χ0) is 18.7. The third-order valence-electron chi connectivity index (χ3n) is 3.63. The van der Waals surface area contributed by atoms with Gasteiger partial charge in [-0.05, 0) is 60.2 Å². The fourth-order valence-electron chi connectivity index (χ4n) is 2.30. The predicted molar refractivity (Wildman–Crippen MR) is 101 cm³/mol. The van der Waals surface area contributed by atoms with Gasteiger partial charge in [-0.3, -0.25) is 4.79 Å². The van der Waals surface area contributed by atoms with E-state index < -0.39 is 5.97 Å². The third kappa shape index (κ3) is 3.94. The fraction of sp³-hybridized carbons (Fsp3) is 0.105. The molecule has 3 rings (SSSR count). The van der Waals surface area contributed by atoms with Crippen LogP contribution < -0.4 is 5.32 Å². The van der Waals surface area contributed by atoms with Crippen LogP contribution in [-0.4, -0.2) is 29.3 Å². The molecule has 2 aromatic carbocycles. The first-order chi connectivity index (χ1) is 12.5. The van der Waals surface area contributed by atoms with E-state index >= 15 is 0 Å². The Balaban J connectivity index is 1.81. The Labute approximate surface area is 154 Å². The maximum Gasteiger partial charge on any atom is 0.337 e. The van der Waals surface area contributed by atoms with Crippen molar-refractivity contribution in [2.45, 2.75) is 6.92 Å². The number of carbonyl (C=O) groups excluding carboxylic acids is 2. The van der Waals surface area contributed by atoms with Crippen LogP contribution in [0.2, 0.25) is 0 Å². The van der Waals surface area contributed by atoms with E-state index in [4.69, 9.17) is 0 Å². The number of nitrogens with one attached hydrogen (secondary N) is 1. The van der Waals surface area contributed by atoms with Crippen LogP contribution in [0, 0.1) is 6.92 Å². The Morgan fingerprint density at radius 1 is 1.23 bits per heavy atom. The summed E-state index contributed by atoms with van der Waals surface area (Å²) in [6.07, 6.45) is 1.71. The molecule has 7 heteroatoms. The molecule has 26 heavy (non-hydrogen) atoms. The van der Waals surface area contributed by atoms with Crippen LogP contribution in [0.3, 0.4) is 0 Å². The van der Waals surface area contributed by atoms with Crippen molar-refractivity contribution in [2.75, 3.05) is 7.11 Å². The zero-order valence-electron chi connectivity index (χ0n) is 14.1. The van der Waals surface area contributed by atoms with E-state index in [1.807, 2.05) is 6.92 Å². The van der Waals surface area contributed by atoms with Crippen molar-refractivity contribution in [3.8, 4) is 5.75 Å². The molecule has 0 unspecified atom stereocenters. The predicted octanol–water partition coefficient (Wildman–Crippen LogP) is 3.38. The molecule has 0 aromatic heterocycles. The van der Waals surface area contributed by atoms with Crippen molar-refractivity contribution in [1.82, 2.24) is 5.32 Å². The van der Waals surface area contributed by atoms with E-state index in [9.17, 15) is 14.7 Å². The van der Waals surface area contributed by atoms with Gasteiger partial charge in [-0.2, -0.15) is 0 Å². The minimum Gasteiger partial charge on any atom is -0.506 e. The van der Waals surface area contributed by atoms with Gasteiger partial charge >= 0.3 is 5.97 Å². The monoisotopic (exact) mass is 368 g/mol. The highest BCUT2D eigenvalue weighted by Crippen LogP contribution is 2.32. The van der Waals surface area contributed by atoms with Crippen LogP contribution in [0.4, 0.5) is 5.69 Å². The Kier molecular flexibility index (Phi) is 5.09. The van der Waals surface area contributed by atoms with Crippen molar-refractivity contribution in [3.63, 3.8) is 0 Å². The second-order valence-corrected chi connectivity index (χ2v) is 6.62. The molecule has 0 bridgehead atoms. The summed E-state index contributed by atoms with van der Waals surface area (Å²) < 4.78 is 4.66. The van der Waals surface area contributed by atoms with Crippen LogP contribution >= 0.6 is 11.8 Å². The van der Waals surface area contributed by atoms with Crippen LogP contribution in [0.15, 0.2) is 52.4 Å². The first kappa shape index (κ1) is 17.8. The minimum absolute atomic E-state index is 0.0498. The van der Waals surface area contributed by atoms with Gasteiger partial charge in [0.25, 0.3) is 5.91 Å². The molecule has 0 spiro atoms. The van der Waals surface area contributed by atoms with E-state index in [2.05, 4.69) is 15.0 Å². The van der Waals surface area contributed by atoms with Crippen molar-refractivity contribution in [3.05, 3.63) is 64.1 Å². The summed E-state index contributed by atoms with van der Waals surface area (Å²) in [5.41, 5.74) is 2.57. The number of rotatable bonds is 3. The van der Waals surface area contributed by atoms with E-state index in [0.717, 1.165) is 11.1 Å². The summed E-state index contributed by atoms with van der Waals surface area (Å²) in [6.45, 7) is 1.90. The van der Waals surface area contributed by atoms with Gasteiger partial charge in [0.1, 0.15) is 11.4 Å². The smallest absolute Gasteiger partial charge is 0.337 e. The van der Waals surface area contributed by atoms with E-state index in [-0.39, 0.29) is 11.7 Å². The van der Waals surface area contributed by atoms with Crippen molar-refractivity contribution >= 4 is 40.6 Å². The summed E-state index contributed by atoms with van der Waals surface area (Å²) in [4.78, 5) is 28.4. The van der Waals surface area contributed by atoms with Gasteiger partial charge in [0.05, 0.1) is 17.6 Å². The van der Waals surface area contributed by atoms with Crippen LogP contribution in [0.25, 0.3) is 6.08 Å². The Morgan fingerprint density at radius 2 is 1.96 bits per heavy atom. The van der Waals surface area contributed by atoms with Gasteiger partial charge in [-0.25, -0.2) is 9.79 Å². The Bertz CT molecular complexity index is 933. The van der Waals surface area contributed by atoms with Crippen molar-refractivity contribution in [1.29, 1.82) is 0 Å². The second-order valence-electron chi connectivity index (χ2n) is 5.59. The molecule has 1 saturated heterocycles. The van der Waals surface area contributed by atoms with Crippen molar-refractivity contribution < 1.29 is 19.4 Å². The molecule has 0 aliphatic carbocycles. The summed E-state index contributed by atoms with van der Waals surface area (Å²) in [5.74, 6) is -0.628. The highest BCUT2D eigenvalue weighted by molar-refractivity contribution is 8.18. The number of phenolic OH excluding ortho intramolecular Hbond substituents is 1. The number of benzene rings is 2. The number of aliphatic imine (C=N–C) groups is 1. The molecule has 0 radical (unpaired) electrons. The Hall–Kier alpha value is -3.06. The number of carbonyl (C=O) groups is 2. The molecule has 0 saturated carbocycles. The highest BCUT2D eigenvalue weighted by atomic mass is 32.2. The van der Waals surface area contributed by atoms with Gasteiger partial charge < -0.3 is 15.2 Å². The van der Waals surface area contributed by atoms with Crippen LogP contribution in [0.5, 0.6) is 5.75 Å². The molecule has 2 N–H and O–H groups in total. The number of aryl methyl sites for hydroxylation is 1. The lowest BCUT2D eigenvalue weighted by Gasteiger charge is -2.01. The number of thioether (sulfide) groups is 1. The third-order valence-corrected chi connectivity index (χ3v) is 4.54. The van der Waals surface area contributed by atoms with Gasteiger partial charge in [-0.1, -0.05) is 18.2 Å². The number of hydrogen-bond donors (Lipinski definition) is 2. The number of nitrogens with zero attached hydrogens (tertiary/aromatic N) is 1. The maximum absolute atomic E-state index is 12.1. The molecule has 1 amide bonds. The van der Waals surface area contributed by atoms with E-state index in [1.54, 1.807) is 48.5 Å². The molecule has 1 heterocycles. The topological polar surface area (TPSA) is 88.0 Å². The normalized spacial score (nSPS) is 16.8. The molecule has 0 atom stereocenters. The number of ether oxygens (including phenoxy) is 1. The molecule has 6 nitrogen and oxygen atoms in total. The maximum atomic E-state index is 12.1. The Morgan fingerprint density at radius 3 is 2.65 bits per heavy atom. The summed E-state index contributed by atoms with van der Waals surface area (Å²) in [7, 11) is 1.32. The molecular formula is C19H16N2O4S. The average Bonchev–Trinajstić information content (AvgIpc) is 2.97. The molecule has 1 aliphatic heterocycles. The van der Waals surface area contributed by atoms with E-state index in [1.165, 1.54) is 18.9 Å². The number of aromatic hydroxyl groups is 1. The second kappa shape index (κ2) is 7.45. The molecule has 132 valence electrons. The van der Waals surface area contributed by atoms with Gasteiger partial charge in [0, 0.05) is 0 Å². The first-order valence-electron chi connectivity index (χ1n) is 7.74. The largest absolute Gasteiger partial charge is 0.506 e.